The lowest BCUT2D eigenvalue weighted by molar-refractivity contribution is -0.117. The number of para-hydroxylation sites is 2. The summed E-state index contributed by atoms with van der Waals surface area (Å²) in [5, 5.41) is 2.48. The van der Waals surface area contributed by atoms with E-state index in [1.165, 1.54) is 28.5 Å². The second kappa shape index (κ2) is 10.1. The molecule has 0 unspecified atom stereocenters. The normalized spacial score (nSPS) is 10.9. The Kier molecular flexibility index (Phi) is 6.93. The van der Waals surface area contributed by atoms with Crippen molar-refractivity contribution in [2.45, 2.75) is 26.9 Å². The Hall–Kier alpha value is -4.04. The first-order chi connectivity index (χ1) is 16.7. The molecule has 0 atom stereocenters. The molecular formula is C26H22ClFN4O3. The minimum absolute atomic E-state index is 0.0721. The molecule has 0 radical (unpaired) electrons. The average Bonchev–Trinajstić information content (AvgIpc) is 2.82. The van der Waals surface area contributed by atoms with E-state index in [1.807, 2.05) is 31.2 Å². The second-order valence-corrected chi connectivity index (χ2v) is 8.43. The van der Waals surface area contributed by atoms with Gasteiger partial charge in [-0.05, 0) is 48.4 Å². The molecule has 4 rings (SSSR count). The van der Waals surface area contributed by atoms with Crippen molar-refractivity contribution in [3.05, 3.63) is 99.1 Å². The number of amides is 2. The molecule has 35 heavy (non-hydrogen) atoms. The van der Waals surface area contributed by atoms with Crippen molar-refractivity contribution in [2.24, 2.45) is 0 Å². The number of halogens is 2. The molecule has 2 amide bonds. The van der Waals surface area contributed by atoms with Crippen molar-refractivity contribution in [3.63, 3.8) is 0 Å². The molecule has 1 heterocycles. The van der Waals surface area contributed by atoms with Gasteiger partial charge in [-0.3, -0.25) is 23.9 Å². The van der Waals surface area contributed by atoms with E-state index in [2.05, 4.69) is 10.3 Å². The number of rotatable bonds is 6. The number of aromatic nitrogens is 2. The van der Waals surface area contributed by atoms with Crippen molar-refractivity contribution in [2.75, 3.05) is 10.2 Å². The zero-order chi connectivity index (χ0) is 25.1. The zero-order valence-electron chi connectivity index (χ0n) is 19.1. The summed E-state index contributed by atoms with van der Waals surface area (Å²) < 4.78 is 14.7. The molecule has 0 fully saturated rings. The Morgan fingerprint density at radius 2 is 1.80 bits per heavy atom. The Balaban J connectivity index is 1.74. The van der Waals surface area contributed by atoms with E-state index in [4.69, 9.17) is 11.6 Å². The fraction of sp³-hybridized carbons (Fsp3) is 0.154. The summed E-state index contributed by atoms with van der Waals surface area (Å²) in [4.78, 5) is 44.7. The number of carbonyl (C=O) groups excluding carboxylic acids is 2. The number of hydrogen-bond acceptors (Lipinski definition) is 4. The lowest BCUT2D eigenvalue weighted by Gasteiger charge is -2.22. The number of aryl methyl sites for hydroxylation is 1. The van der Waals surface area contributed by atoms with E-state index in [-0.39, 0.29) is 35.5 Å². The van der Waals surface area contributed by atoms with E-state index in [0.29, 0.717) is 11.0 Å². The molecule has 1 aromatic heterocycles. The summed E-state index contributed by atoms with van der Waals surface area (Å²) in [6.07, 6.45) is 0. The first-order valence-electron chi connectivity index (χ1n) is 10.8. The quantitative estimate of drug-likeness (QED) is 0.423. The Bertz CT molecular complexity index is 1500. The van der Waals surface area contributed by atoms with Crippen LogP contribution < -0.4 is 15.8 Å². The lowest BCUT2D eigenvalue weighted by Crippen LogP contribution is -2.38. The van der Waals surface area contributed by atoms with Crippen molar-refractivity contribution in [1.29, 1.82) is 0 Å². The summed E-state index contributed by atoms with van der Waals surface area (Å²) in [6, 6.07) is 18.2. The Morgan fingerprint density at radius 1 is 1.09 bits per heavy atom. The highest BCUT2D eigenvalue weighted by Gasteiger charge is 2.22. The number of benzene rings is 3. The molecule has 4 aromatic rings. The van der Waals surface area contributed by atoms with Gasteiger partial charge in [-0.2, -0.15) is 0 Å². The predicted octanol–water partition coefficient (Wildman–Crippen LogP) is 4.69. The largest absolute Gasteiger partial charge is 0.324 e. The van der Waals surface area contributed by atoms with E-state index >= 15 is 0 Å². The van der Waals surface area contributed by atoms with Crippen LogP contribution in [-0.4, -0.2) is 21.4 Å². The van der Waals surface area contributed by atoms with Crippen molar-refractivity contribution in [3.8, 4) is 0 Å². The highest BCUT2D eigenvalue weighted by Crippen LogP contribution is 2.21. The standard InChI is InChI=1S/C26H22ClFN4O3/c1-16-7-3-4-8-18(16)14-31(17(2)33)25-26(35)32(23-10-6-5-9-22(23)30-25)15-24(34)29-19-11-12-21(28)20(27)13-19/h3-13H,14-15H2,1-2H3,(H,29,34). The molecule has 0 aliphatic carbocycles. The number of anilines is 2. The Labute approximate surface area is 205 Å². The van der Waals surface area contributed by atoms with Gasteiger partial charge in [0.05, 0.1) is 22.6 Å². The van der Waals surface area contributed by atoms with Crippen molar-refractivity contribution < 1.29 is 14.0 Å². The van der Waals surface area contributed by atoms with E-state index in [9.17, 15) is 18.8 Å². The topological polar surface area (TPSA) is 84.3 Å². The number of nitrogens with one attached hydrogen (secondary N) is 1. The van der Waals surface area contributed by atoms with Crippen molar-refractivity contribution >= 4 is 46.0 Å². The first kappa shape index (κ1) is 24.1. The van der Waals surface area contributed by atoms with Gasteiger partial charge in [0.1, 0.15) is 12.4 Å². The van der Waals surface area contributed by atoms with Gasteiger partial charge in [0.25, 0.3) is 5.56 Å². The van der Waals surface area contributed by atoms with E-state index in [1.54, 1.807) is 24.3 Å². The fourth-order valence-corrected chi connectivity index (χ4v) is 3.90. The van der Waals surface area contributed by atoms with Crippen LogP contribution in [0.4, 0.5) is 15.9 Å². The van der Waals surface area contributed by atoms with Gasteiger partial charge in [-0.25, -0.2) is 9.37 Å². The zero-order valence-corrected chi connectivity index (χ0v) is 19.8. The number of nitrogens with zero attached hydrogens (tertiary/aromatic N) is 3. The van der Waals surface area contributed by atoms with Gasteiger partial charge in [0, 0.05) is 12.6 Å². The summed E-state index contributed by atoms with van der Waals surface area (Å²) in [7, 11) is 0. The van der Waals surface area contributed by atoms with Crippen LogP contribution in [0.1, 0.15) is 18.1 Å². The molecule has 9 heteroatoms. The summed E-state index contributed by atoms with van der Waals surface area (Å²) >= 11 is 5.80. The van der Waals surface area contributed by atoms with Gasteiger partial charge < -0.3 is 5.32 Å². The molecule has 178 valence electrons. The van der Waals surface area contributed by atoms with Crippen LogP contribution in [-0.2, 0) is 22.7 Å². The Morgan fingerprint density at radius 3 is 2.51 bits per heavy atom. The summed E-state index contributed by atoms with van der Waals surface area (Å²) in [5.41, 5.74) is 2.44. The molecule has 0 spiro atoms. The third kappa shape index (κ3) is 5.22. The van der Waals surface area contributed by atoms with Crippen LogP contribution in [0.2, 0.25) is 5.02 Å². The number of carbonyl (C=O) groups is 2. The highest BCUT2D eigenvalue weighted by molar-refractivity contribution is 6.31. The number of hydrogen-bond donors (Lipinski definition) is 1. The van der Waals surface area contributed by atoms with E-state index in [0.717, 1.165) is 17.2 Å². The molecule has 0 saturated carbocycles. The van der Waals surface area contributed by atoms with Gasteiger partial charge in [0.2, 0.25) is 17.6 Å². The molecule has 0 aliphatic rings. The minimum atomic E-state index is -0.608. The maximum Gasteiger partial charge on any atom is 0.294 e. The fourth-order valence-electron chi connectivity index (χ4n) is 3.72. The van der Waals surface area contributed by atoms with E-state index < -0.39 is 17.3 Å². The van der Waals surface area contributed by atoms with Crippen molar-refractivity contribution in [1.82, 2.24) is 9.55 Å². The van der Waals surface area contributed by atoms with Crippen LogP contribution in [0.15, 0.2) is 71.5 Å². The molecular weight excluding hydrogens is 471 g/mol. The highest BCUT2D eigenvalue weighted by atomic mass is 35.5. The maximum atomic E-state index is 13.5. The molecule has 0 saturated heterocycles. The summed E-state index contributed by atoms with van der Waals surface area (Å²) in [6.45, 7) is 3.10. The molecule has 1 N–H and O–H groups in total. The molecule has 7 nitrogen and oxygen atoms in total. The second-order valence-electron chi connectivity index (χ2n) is 8.02. The van der Waals surface area contributed by atoms with Crippen LogP contribution in [0.25, 0.3) is 11.0 Å². The van der Waals surface area contributed by atoms with Gasteiger partial charge in [-0.1, -0.05) is 48.0 Å². The number of fused-ring (bicyclic) bond motifs is 1. The maximum absolute atomic E-state index is 13.5. The van der Waals surface area contributed by atoms with Gasteiger partial charge >= 0.3 is 0 Å². The monoisotopic (exact) mass is 492 g/mol. The SMILES string of the molecule is CC(=O)N(Cc1ccccc1C)c1nc2ccccc2n(CC(=O)Nc2ccc(F)c(Cl)c2)c1=O. The lowest BCUT2D eigenvalue weighted by atomic mass is 10.1. The first-order valence-corrected chi connectivity index (χ1v) is 11.2. The smallest absolute Gasteiger partial charge is 0.294 e. The third-order valence-corrected chi connectivity index (χ3v) is 5.86. The van der Waals surface area contributed by atoms with Crippen LogP contribution in [0, 0.1) is 12.7 Å². The minimum Gasteiger partial charge on any atom is -0.324 e. The molecule has 3 aromatic carbocycles. The summed E-state index contributed by atoms with van der Waals surface area (Å²) in [5.74, 6) is -1.56. The molecule has 0 aliphatic heterocycles. The predicted molar refractivity (Wildman–Crippen MR) is 134 cm³/mol. The average molecular weight is 493 g/mol. The van der Waals surface area contributed by atoms with Gasteiger partial charge in [-0.15, -0.1) is 0 Å². The third-order valence-electron chi connectivity index (χ3n) is 5.57. The van der Waals surface area contributed by atoms with Crippen LogP contribution in [0.3, 0.4) is 0 Å². The molecule has 0 bridgehead atoms. The van der Waals surface area contributed by atoms with Crippen LogP contribution >= 0.6 is 11.6 Å². The van der Waals surface area contributed by atoms with Crippen LogP contribution in [0.5, 0.6) is 0 Å². The van der Waals surface area contributed by atoms with Gasteiger partial charge in [0.15, 0.2) is 0 Å².